The molecular formula is C12H14BrN3O4. The van der Waals surface area contributed by atoms with Crippen LogP contribution in [0.3, 0.4) is 0 Å². The number of methoxy groups -OCH3 is 1. The van der Waals surface area contributed by atoms with Crippen molar-refractivity contribution in [3.63, 3.8) is 0 Å². The van der Waals surface area contributed by atoms with E-state index in [1.807, 2.05) is 4.90 Å². The first-order chi connectivity index (χ1) is 9.52. The SMILES string of the molecule is COC(=O)C1CCN(c2ccc(Br)c([N+](=O)[O-])n2)CC1. The molecule has 2 heterocycles. The monoisotopic (exact) mass is 343 g/mol. The summed E-state index contributed by atoms with van der Waals surface area (Å²) < 4.78 is 5.09. The Morgan fingerprint density at radius 2 is 2.15 bits per heavy atom. The number of pyridine rings is 1. The number of carbonyl (C=O) groups excluding carboxylic acids is 1. The van der Waals surface area contributed by atoms with Crippen LogP contribution in [0.25, 0.3) is 0 Å². The van der Waals surface area contributed by atoms with Crippen LogP contribution in [0.4, 0.5) is 11.6 Å². The molecule has 0 saturated carbocycles. The van der Waals surface area contributed by atoms with Gasteiger partial charge >= 0.3 is 11.8 Å². The van der Waals surface area contributed by atoms with Crippen molar-refractivity contribution in [2.24, 2.45) is 5.92 Å². The second-order valence-corrected chi connectivity index (χ2v) is 5.37. The van der Waals surface area contributed by atoms with Gasteiger partial charge < -0.3 is 19.8 Å². The highest BCUT2D eigenvalue weighted by Gasteiger charge is 2.28. The van der Waals surface area contributed by atoms with E-state index < -0.39 is 4.92 Å². The molecule has 1 aromatic rings. The zero-order chi connectivity index (χ0) is 14.7. The number of halogens is 1. The maximum absolute atomic E-state index is 11.4. The van der Waals surface area contributed by atoms with Crippen molar-refractivity contribution < 1.29 is 14.5 Å². The molecule has 0 unspecified atom stereocenters. The van der Waals surface area contributed by atoms with E-state index in [4.69, 9.17) is 4.74 Å². The predicted molar refractivity (Wildman–Crippen MR) is 75.5 cm³/mol. The van der Waals surface area contributed by atoms with E-state index >= 15 is 0 Å². The minimum absolute atomic E-state index is 0.0957. The van der Waals surface area contributed by atoms with Crippen molar-refractivity contribution in [3.05, 3.63) is 26.7 Å². The number of anilines is 1. The molecule has 1 saturated heterocycles. The molecule has 2 rings (SSSR count). The molecule has 8 heteroatoms. The van der Waals surface area contributed by atoms with Gasteiger partial charge in [-0.2, -0.15) is 0 Å². The van der Waals surface area contributed by atoms with Gasteiger partial charge in [0.2, 0.25) is 5.82 Å². The maximum Gasteiger partial charge on any atom is 0.380 e. The normalized spacial score (nSPS) is 16.0. The first kappa shape index (κ1) is 14.7. The molecule has 1 aliphatic heterocycles. The number of nitro groups is 1. The quantitative estimate of drug-likeness (QED) is 0.474. The smallest absolute Gasteiger partial charge is 0.380 e. The summed E-state index contributed by atoms with van der Waals surface area (Å²) in [7, 11) is 1.38. The van der Waals surface area contributed by atoms with Crippen LogP contribution in [0.2, 0.25) is 0 Å². The van der Waals surface area contributed by atoms with Gasteiger partial charge in [-0.05, 0) is 44.7 Å². The number of rotatable bonds is 3. The highest BCUT2D eigenvalue weighted by Crippen LogP contribution is 2.28. The lowest BCUT2D eigenvalue weighted by Gasteiger charge is -2.29. The number of ether oxygens (including phenoxy) is 1. The Kier molecular flexibility index (Phi) is 4.53. The van der Waals surface area contributed by atoms with Crippen LogP contribution in [-0.2, 0) is 9.53 Å². The van der Waals surface area contributed by atoms with Crippen molar-refractivity contribution in [2.75, 3.05) is 25.1 Å². The van der Waals surface area contributed by atoms with Crippen LogP contribution in [0.5, 0.6) is 0 Å². The summed E-state index contributed by atoms with van der Waals surface area (Å²) in [5, 5.41) is 10.9. The summed E-state index contributed by atoms with van der Waals surface area (Å²) in [5.74, 6) is 0.0712. The second kappa shape index (κ2) is 6.17. The van der Waals surface area contributed by atoms with Gasteiger partial charge in [0.15, 0.2) is 0 Å². The number of hydrogen-bond donors (Lipinski definition) is 0. The van der Waals surface area contributed by atoms with Crippen LogP contribution >= 0.6 is 15.9 Å². The number of aromatic nitrogens is 1. The minimum Gasteiger partial charge on any atom is -0.469 e. The van der Waals surface area contributed by atoms with Crippen LogP contribution in [-0.4, -0.2) is 36.1 Å². The maximum atomic E-state index is 11.4. The highest BCUT2D eigenvalue weighted by molar-refractivity contribution is 9.10. The second-order valence-electron chi connectivity index (χ2n) is 4.52. The summed E-state index contributed by atoms with van der Waals surface area (Å²) >= 11 is 3.11. The standard InChI is InChI=1S/C12H14BrN3O4/c1-20-12(17)8-4-6-15(7-5-8)10-3-2-9(13)11(14-10)16(18)19/h2-3,8H,4-7H2,1H3. The molecule has 108 valence electrons. The van der Waals surface area contributed by atoms with Crippen molar-refractivity contribution >= 4 is 33.5 Å². The molecule has 0 aliphatic carbocycles. The zero-order valence-electron chi connectivity index (χ0n) is 10.9. The fourth-order valence-corrected chi connectivity index (χ4v) is 2.60. The molecule has 20 heavy (non-hydrogen) atoms. The molecule has 0 amide bonds. The first-order valence-corrected chi connectivity index (χ1v) is 6.96. The van der Waals surface area contributed by atoms with Gasteiger partial charge in [0.25, 0.3) is 0 Å². The summed E-state index contributed by atoms with van der Waals surface area (Å²) in [6.07, 6.45) is 1.33. The molecule has 0 N–H and O–H groups in total. The Balaban J connectivity index is 2.09. The lowest BCUT2D eigenvalue weighted by atomic mass is 9.97. The van der Waals surface area contributed by atoms with Gasteiger partial charge in [-0.1, -0.05) is 0 Å². The lowest BCUT2D eigenvalue weighted by Crippen LogP contribution is -2.37. The van der Waals surface area contributed by atoms with Gasteiger partial charge in [-0.15, -0.1) is 0 Å². The van der Waals surface area contributed by atoms with Gasteiger partial charge in [0.05, 0.1) is 13.0 Å². The fraction of sp³-hybridized carbons (Fsp3) is 0.500. The summed E-state index contributed by atoms with van der Waals surface area (Å²) in [6.45, 7) is 1.26. The lowest BCUT2D eigenvalue weighted by molar-refractivity contribution is -0.390. The number of carbonyl (C=O) groups is 1. The first-order valence-electron chi connectivity index (χ1n) is 6.16. The van der Waals surface area contributed by atoms with Gasteiger partial charge in [-0.3, -0.25) is 4.79 Å². The van der Waals surface area contributed by atoms with Gasteiger partial charge in [0, 0.05) is 19.2 Å². The predicted octanol–water partition coefficient (Wildman–Crippen LogP) is 2.14. The molecule has 0 radical (unpaired) electrons. The topological polar surface area (TPSA) is 85.6 Å². The van der Waals surface area contributed by atoms with E-state index in [1.54, 1.807) is 12.1 Å². The average Bonchev–Trinajstić information content (AvgIpc) is 2.47. The van der Waals surface area contributed by atoms with Crippen molar-refractivity contribution in [3.8, 4) is 0 Å². The summed E-state index contributed by atoms with van der Waals surface area (Å²) in [6, 6.07) is 3.35. The van der Waals surface area contributed by atoms with Crippen molar-refractivity contribution in [2.45, 2.75) is 12.8 Å². The Bertz CT molecular complexity index is 529. The van der Waals surface area contributed by atoms with E-state index in [0.717, 1.165) is 0 Å². The average molecular weight is 344 g/mol. The molecule has 1 aliphatic rings. The molecule has 0 spiro atoms. The van der Waals surface area contributed by atoms with Crippen LogP contribution in [0, 0.1) is 16.0 Å². The number of piperidine rings is 1. The zero-order valence-corrected chi connectivity index (χ0v) is 12.5. The van der Waals surface area contributed by atoms with Crippen LogP contribution in [0.1, 0.15) is 12.8 Å². The fourth-order valence-electron chi connectivity index (χ4n) is 2.24. The Morgan fingerprint density at radius 1 is 1.50 bits per heavy atom. The van der Waals surface area contributed by atoms with Crippen LogP contribution in [0.15, 0.2) is 16.6 Å². The Hall–Kier alpha value is -1.70. The Labute approximate surface area is 124 Å². The number of nitrogens with zero attached hydrogens (tertiary/aromatic N) is 3. The van der Waals surface area contributed by atoms with E-state index in [-0.39, 0.29) is 17.7 Å². The number of esters is 1. The van der Waals surface area contributed by atoms with E-state index in [9.17, 15) is 14.9 Å². The van der Waals surface area contributed by atoms with Crippen molar-refractivity contribution in [1.82, 2.24) is 4.98 Å². The molecule has 1 fully saturated rings. The number of hydrogen-bond acceptors (Lipinski definition) is 6. The third-order valence-corrected chi connectivity index (χ3v) is 3.96. The largest absolute Gasteiger partial charge is 0.469 e. The highest BCUT2D eigenvalue weighted by atomic mass is 79.9. The van der Waals surface area contributed by atoms with Crippen LogP contribution < -0.4 is 4.90 Å². The van der Waals surface area contributed by atoms with E-state index in [2.05, 4.69) is 20.9 Å². The third kappa shape index (κ3) is 3.06. The summed E-state index contributed by atoms with van der Waals surface area (Å²) in [5.41, 5.74) is 0. The van der Waals surface area contributed by atoms with E-state index in [0.29, 0.717) is 36.2 Å². The molecule has 0 atom stereocenters. The van der Waals surface area contributed by atoms with Crippen molar-refractivity contribution in [1.29, 1.82) is 0 Å². The van der Waals surface area contributed by atoms with Gasteiger partial charge in [-0.25, -0.2) is 0 Å². The minimum atomic E-state index is -0.519. The molecule has 1 aromatic heterocycles. The molecular weight excluding hydrogens is 330 g/mol. The Morgan fingerprint density at radius 3 is 2.70 bits per heavy atom. The van der Waals surface area contributed by atoms with Gasteiger partial charge in [0.1, 0.15) is 4.47 Å². The molecule has 7 nitrogen and oxygen atoms in total. The molecule has 0 aromatic carbocycles. The molecule has 0 bridgehead atoms. The third-order valence-electron chi connectivity index (χ3n) is 3.34. The van der Waals surface area contributed by atoms with E-state index in [1.165, 1.54) is 7.11 Å². The summed E-state index contributed by atoms with van der Waals surface area (Å²) in [4.78, 5) is 27.8.